The van der Waals surface area contributed by atoms with Gasteiger partial charge in [0.05, 0.1) is 31.9 Å². The Hall–Kier alpha value is -2.80. The van der Waals surface area contributed by atoms with E-state index < -0.39 is 0 Å². The van der Waals surface area contributed by atoms with Crippen LogP contribution in [0.2, 0.25) is 0 Å². The maximum atomic E-state index is 12.2. The second-order valence-electron chi connectivity index (χ2n) is 6.01. The first-order valence-corrected chi connectivity index (χ1v) is 9.19. The minimum absolute atomic E-state index is 0.161. The summed E-state index contributed by atoms with van der Waals surface area (Å²) in [5, 5.41) is 2.84. The molecular weight excluding hydrogens is 346 g/mol. The lowest BCUT2D eigenvalue weighted by molar-refractivity contribution is 0.0946. The van der Waals surface area contributed by atoms with Crippen LogP contribution in [0.1, 0.15) is 17.3 Å². The fraction of sp³-hybridized carbons (Fsp3) is 0.400. The molecule has 1 aliphatic heterocycles. The van der Waals surface area contributed by atoms with Crippen molar-refractivity contribution >= 4 is 11.7 Å². The van der Waals surface area contributed by atoms with Crippen molar-refractivity contribution in [2.45, 2.75) is 6.92 Å². The van der Waals surface area contributed by atoms with Crippen LogP contribution < -0.4 is 19.7 Å². The first-order chi connectivity index (χ1) is 13.3. The maximum Gasteiger partial charge on any atom is 0.252 e. The predicted octanol–water partition coefficient (Wildman–Crippen LogP) is 2.13. The Kier molecular flexibility index (Phi) is 6.87. The van der Waals surface area contributed by atoms with Crippen molar-refractivity contribution < 1.29 is 19.0 Å². The summed E-state index contributed by atoms with van der Waals surface area (Å²) in [5.74, 6) is 2.26. The molecule has 0 unspecified atom stereocenters. The standard InChI is InChI=1S/C20H25N3O4/c1-2-26-17-4-6-18(7-5-17)27-12-9-21-20(24)16-3-8-19(22-15-16)23-10-13-25-14-11-23/h3-8,15H,2,9-14H2,1H3,(H,21,24). The van der Waals surface area contributed by atoms with E-state index >= 15 is 0 Å². The smallest absolute Gasteiger partial charge is 0.252 e. The van der Waals surface area contributed by atoms with Crippen LogP contribution in [0.5, 0.6) is 11.5 Å². The lowest BCUT2D eigenvalue weighted by Gasteiger charge is -2.27. The fourth-order valence-corrected chi connectivity index (χ4v) is 2.73. The monoisotopic (exact) mass is 371 g/mol. The van der Waals surface area contributed by atoms with Gasteiger partial charge in [-0.1, -0.05) is 0 Å². The van der Waals surface area contributed by atoms with Crippen molar-refractivity contribution in [3.63, 3.8) is 0 Å². The van der Waals surface area contributed by atoms with E-state index in [-0.39, 0.29) is 5.91 Å². The zero-order valence-electron chi connectivity index (χ0n) is 15.5. The van der Waals surface area contributed by atoms with Crippen molar-refractivity contribution in [3.05, 3.63) is 48.2 Å². The average molecular weight is 371 g/mol. The number of anilines is 1. The molecule has 1 saturated heterocycles. The molecule has 0 saturated carbocycles. The zero-order chi connectivity index (χ0) is 18.9. The number of nitrogens with one attached hydrogen (secondary N) is 1. The minimum atomic E-state index is -0.161. The number of hydrogen-bond acceptors (Lipinski definition) is 6. The summed E-state index contributed by atoms with van der Waals surface area (Å²) < 4.78 is 16.3. The topological polar surface area (TPSA) is 72.9 Å². The highest BCUT2D eigenvalue weighted by atomic mass is 16.5. The third kappa shape index (κ3) is 5.59. The van der Waals surface area contributed by atoms with E-state index in [0.717, 1.165) is 30.4 Å². The van der Waals surface area contributed by atoms with Gasteiger partial charge in [-0.3, -0.25) is 4.79 Å². The van der Waals surface area contributed by atoms with Crippen LogP contribution >= 0.6 is 0 Å². The van der Waals surface area contributed by atoms with Crippen molar-refractivity contribution in [1.29, 1.82) is 0 Å². The highest BCUT2D eigenvalue weighted by molar-refractivity contribution is 5.94. The number of hydrogen-bond donors (Lipinski definition) is 1. The summed E-state index contributed by atoms with van der Waals surface area (Å²) in [6, 6.07) is 11.1. The number of benzene rings is 1. The molecule has 1 fully saturated rings. The number of ether oxygens (including phenoxy) is 3. The summed E-state index contributed by atoms with van der Waals surface area (Å²) in [7, 11) is 0. The molecule has 144 valence electrons. The second-order valence-corrected chi connectivity index (χ2v) is 6.01. The summed E-state index contributed by atoms with van der Waals surface area (Å²) in [4.78, 5) is 18.7. The van der Waals surface area contributed by atoms with E-state index in [1.54, 1.807) is 12.3 Å². The van der Waals surface area contributed by atoms with Gasteiger partial charge in [-0.05, 0) is 43.3 Å². The fourth-order valence-electron chi connectivity index (χ4n) is 2.73. The van der Waals surface area contributed by atoms with Gasteiger partial charge in [0.2, 0.25) is 0 Å². The molecule has 1 aromatic heterocycles. The Labute approximate surface area is 159 Å². The van der Waals surface area contributed by atoms with E-state index in [9.17, 15) is 4.79 Å². The number of nitrogens with zero attached hydrogens (tertiary/aromatic N) is 2. The summed E-state index contributed by atoms with van der Waals surface area (Å²) in [6.07, 6.45) is 1.60. The van der Waals surface area contributed by atoms with Gasteiger partial charge in [0, 0.05) is 19.3 Å². The Morgan fingerprint density at radius 1 is 1.11 bits per heavy atom. The van der Waals surface area contributed by atoms with E-state index in [1.165, 1.54) is 0 Å². The number of rotatable bonds is 8. The Morgan fingerprint density at radius 2 is 1.81 bits per heavy atom. The van der Waals surface area contributed by atoms with Gasteiger partial charge in [0.1, 0.15) is 23.9 Å². The first-order valence-electron chi connectivity index (χ1n) is 9.19. The molecule has 7 heteroatoms. The first kappa shape index (κ1) is 19.0. The molecule has 1 aliphatic rings. The molecule has 2 aromatic rings. The summed E-state index contributed by atoms with van der Waals surface area (Å²) in [6.45, 7) is 6.43. The van der Waals surface area contributed by atoms with Gasteiger partial charge in [-0.15, -0.1) is 0 Å². The van der Waals surface area contributed by atoms with E-state index in [1.807, 2.05) is 37.3 Å². The lowest BCUT2D eigenvalue weighted by atomic mass is 10.2. The minimum Gasteiger partial charge on any atom is -0.494 e. The third-order valence-electron chi connectivity index (χ3n) is 4.14. The largest absolute Gasteiger partial charge is 0.494 e. The van der Waals surface area contributed by atoms with Crippen molar-refractivity contribution in [3.8, 4) is 11.5 Å². The quantitative estimate of drug-likeness (QED) is 0.717. The van der Waals surface area contributed by atoms with Gasteiger partial charge < -0.3 is 24.4 Å². The molecule has 3 rings (SSSR count). The van der Waals surface area contributed by atoms with E-state index in [2.05, 4.69) is 15.2 Å². The molecule has 0 bridgehead atoms. The van der Waals surface area contributed by atoms with Gasteiger partial charge in [0.25, 0.3) is 5.91 Å². The number of carbonyl (C=O) groups excluding carboxylic acids is 1. The number of pyridine rings is 1. The zero-order valence-corrected chi connectivity index (χ0v) is 15.5. The van der Waals surface area contributed by atoms with Crippen molar-refractivity contribution in [2.24, 2.45) is 0 Å². The Balaban J connectivity index is 1.41. The van der Waals surface area contributed by atoms with Crippen LogP contribution in [0.15, 0.2) is 42.6 Å². The highest BCUT2D eigenvalue weighted by Gasteiger charge is 2.13. The summed E-state index contributed by atoms with van der Waals surface area (Å²) >= 11 is 0. The Bertz CT molecular complexity index is 713. The Morgan fingerprint density at radius 3 is 2.44 bits per heavy atom. The molecule has 1 amide bonds. The van der Waals surface area contributed by atoms with Gasteiger partial charge >= 0.3 is 0 Å². The van der Waals surface area contributed by atoms with Gasteiger partial charge in [-0.25, -0.2) is 4.98 Å². The van der Waals surface area contributed by atoms with Gasteiger partial charge in [0.15, 0.2) is 0 Å². The maximum absolute atomic E-state index is 12.2. The molecule has 2 heterocycles. The summed E-state index contributed by atoms with van der Waals surface area (Å²) in [5.41, 5.74) is 0.535. The molecule has 27 heavy (non-hydrogen) atoms. The van der Waals surface area contributed by atoms with Crippen LogP contribution in [0, 0.1) is 0 Å². The molecule has 0 radical (unpaired) electrons. The molecule has 0 atom stereocenters. The number of carbonyl (C=O) groups is 1. The third-order valence-corrected chi connectivity index (χ3v) is 4.14. The van der Waals surface area contributed by atoms with Crippen LogP contribution in [0.25, 0.3) is 0 Å². The predicted molar refractivity (Wildman–Crippen MR) is 103 cm³/mol. The van der Waals surface area contributed by atoms with E-state index in [0.29, 0.717) is 38.5 Å². The van der Waals surface area contributed by atoms with Gasteiger partial charge in [-0.2, -0.15) is 0 Å². The highest BCUT2D eigenvalue weighted by Crippen LogP contribution is 2.17. The molecule has 0 aliphatic carbocycles. The van der Waals surface area contributed by atoms with Crippen molar-refractivity contribution in [1.82, 2.24) is 10.3 Å². The van der Waals surface area contributed by atoms with Crippen LogP contribution in [-0.4, -0.2) is 57.0 Å². The van der Waals surface area contributed by atoms with Crippen LogP contribution in [-0.2, 0) is 4.74 Å². The SMILES string of the molecule is CCOc1ccc(OCCNC(=O)c2ccc(N3CCOCC3)nc2)cc1. The average Bonchev–Trinajstić information content (AvgIpc) is 2.73. The number of aromatic nitrogens is 1. The molecule has 7 nitrogen and oxygen atoms in total. The second kappa shape index (κ2) is 9.78. The van der Waals surface area contributed by atoms with Crippen LogP contribution in [0.4, 0.5) is 5.82 Å². The van der Waals surface area contributed by atoms with E-state index in [4.69, 9.17) is 14.2 Å². The molecular formula is C20H25N3O4. The molecule has 0 spiro atoms. The molecule has 1 N–H and O–H groups in total. The lowest BCUT2D eigenvalue weighted by Crippen LogP contribution is -2.36. The normalized spacial score (nSPS) is 13.9. The molecule has 1 aromatic carbocycles. The van der Waals surface area contributed by atoms with Crippen LogP contribution in [0.3, 0.4) is 0 Å². The number of morpholine rings is 1. The van der Waals surface area contributed by atoms with Crippen molar-refractivity contribution in [2.75, 3.05) is 51.0 Å². The number of amides is 1.